The normalized spacial score (nSPS) is 12.9. The molecule has 44 heavy (non-hydrogen) atoms. The van der Waals surface area contributed by atoms with Crippen LogP contribution in [0.5, 0.6) is 0 Å². The van der Waals surface area contributed by atoms with E-state index >= 15 is 0 Å². The van der Waals surface area contributed by atoms with Crippen molar-refractivity contribution >= 4 is 38.6 Å². The number of hydrogen-bond acceptors (Lipinski definition) is 3. The summed E-state index contributed by atoms with van der Waals surface area (Å²) >= 11 is 0. The van der Waals surface area contributed by atoms with Gasteiger partial charge in [0.1, 0.15) is 0 Å². The lowest BCUT2D eigenvalue weighted by atomic mass is 9.80. The first-order valence-corrected chi connectivity index (χ1v) is 14.9. The molecule has 8 rings (SSSR count). The Morgan fingerprint density at radius 1 is 0.568 bits per heavy atom. The van der Waals surface area contributed by atoms with Crippen molar-refractivity contribution in [1.29, 1.82) is 5.26 Å². The van der Waals surface area contributed by atoms with E-state index in [2.05, 4.69) is 127 Å². The molecular formula is C41H29N3. The number of benzene rings is 6. The summed E-state index contributed by atoms with van der Waals surface area (Å²) < 4.78 is 0. The van der Waals surface area contributed by atoms with Crippen LogP contribution in [0.15, 0.2) is 140 Å². The fourth-order valence-electron chi connectivity index (χ4n) is 6.82. The molecule has 0 radical (unpaired) electrons. The zero-order valence-corrected chi connectivity index (χ0v) is 24.6. The fourth-order valence-corrected chi connectivity index (χ4v) is 6.82. The smallest absolute Gasteiger partial charge is 0.0991 e. The van der Waals surface area contributed by atoms with Gasteiger partial charge < -0.3 is 4.90 Å². The number of rotatable bonds is 5. The van der Waals surface area contributed by atoms with Gasteiger partial charge in [-0.15, -0.1) is 0 Å². The highest BCUT2D eigenvalue weighted by Crippen LogP contribution is 2.51. The summed E-state index contributed by atoms with van der Waals surface area (Å²) in [6, 6.07) is 49.1. The molecule has 0 aliphatic heterocycles. The van der Waals surface area contributed by atoms with E-state index in [0.717, 1.165) is 28.3 Å². The summed E-state index contributed by atoms with van der Waals surface area (Å²) in [5.74, 6) is 0. The molecule has 0 saturated heterocycles. The summed E-state index contributed by atoms with van der Waals surface area (Å²) in [5, 5.41) is 14.6. The highest BCUT2D eigenvalue weighted by atomic mass is 15.1. The van der Waals surface area contributed by atoms with Crippen molar-refractivity contribution in [3.05, 3.63) is 156 Å². The zero-order valence-electron chi connectivity index (χ0n) is 24.6. The molecular weight excluding hydrogens is 534 g/mol. The molecule has 1 aromatic heterocycles. The van der Waals surface area contributed by atoms with Gasteiger partial charge in [0.15, 0.2) is 0 Å². The third-order valence-electron chi connectivity index (χ3n) is 9.07. The van der Waals surface area contributed by atoms with E-state index in [1.54, 1.807) is 0 Å². The van der Waals surface area contributed by atoms with Crippen molar-refractivity contribution in [3.63, 3.8) is 0 Å². The first-order valence-electron chi connectivity index (χ1n) is 14.9. The fraction of sp³-hybridized carbons (Fsp3) is 0.0732. The predicted molar refractivity (Wildman–Crippen MR) is 182 cm³/mol. The van der Waals surface area contributed by atoms with Gasteiger partial charge in [-0.2, -0.15) is 5.26 Å². The third-order valence-corrected chi connectivity index (χ3v) is 9.07. The van der Waals surface area contributed by atoms with Crippen LogP contribution in [-0.4, -0.2) is 4.98 Å². The number of hydrogen-bond donors (Lipinski definition) is 0. The molecule has 0 amide bonds. The Labute approximate surface area is 257 Å². The van der Waals surface area contributed by atoms with Gasteiger partial charge in [0.05, 0.1) is 17.3 Å². The number of aromatic nitrogens is 1. The Morgan fingerprint density at radius 2 is 1.14 bits per heavy atom. The average Bonchev–Trinajstić information content (AvgIpc) is 3.31. The molecule has 0 bridgehead atoms. The number of nitriles is 1. The minimum atomic E-state index is -0.138. The molecule has 0 N–H and O–H groups in total. The molecule has 0 unspecified atom stereocenters. The predicted octanol–water partition coefficient (Wildman–Crippen LogP) is 10.7. The average molecular weight is 564 g/mol. The van der Waals surface area contributed by atoms with Crippen LogP contribution in [0.3, 0.4) is 0 Å². The van der Waals surface area contributed by atoms with Crippen LogP contribution in [0.1, 0.15) is 30.5 Å². The van der Waals surface area contributed by atoms with E-state index in [1.807, 2.05) is 42.6 Å². The minimum Gasteiger partial charge on any atom is -0.311 e. The quantitative estimate of drug-likeness (QED) is 0.196. The lowest BCUT2D eigenvalue weighted by molar-refractivity contribution is 0.663. The summed E-state index contributed by atoms with van der Waals surface area (Å²) in [7, 11) is 0. The van der Waals surface area contributed by atoms with Crippen LogP contribution in [0.2, 0.25) is 0 Å². The second kappa shape index (κ2) is 9.93. The number of pyridine rings is 1. The largest absolute Gasteiger partial charge is 0.311 e. The lowest BCUT2D eigenvalue weighted by Crippen LogP contribution is -2.15. The molecule has 0 spiro atoms. The van der Waals surface area contributed by atoms with Crippen molar-refractivity contribution in [2.24, 2.45) is 0 Å². The van der Waals surface area contributed by atoms with E-state index in [9.17, 15) is 5.26 Å². The van der Waals surface area contributed by atoms with E-state index in [0.29, 0.717) is 5.56 Å². The standard InChI is InChI=1S/C41H29N3/c1-41(2)36-24-31(22-29-13-14-30-23-32(38-10-6-7-21-43-38)25-37(41)40(30)39(29)36)28-15-19-35(20-16-28)44(33-8-4-3-5-9-33)34-17-11-27(26-42)12-18-34/h3-25H,1-2H3. The molecule has 208 valence electrons. The minimum absolute atomic E-state index is 0.138. The van der Waals surface area contributed by atoms with Gasteiger partial charge in [0.25, 0.3) is 0 Å². The third kappa shape index (κ3) is 4.07. The molecule has 7 aromatic rings. The maximum absolute atomic E-state index is 9.31. The Morgan fingerprint density at radius 3 is 1.75 bits per heavy atom. The topological polar surface area (TPSA) is 39.9 Å². The second-order valence-electron chi connectivity index (χ2n) is 12.0. The summed E-state index contributed by atoms with van der Waals surface area (Å²) in [5.41, 5.74) is 10.9. The lowest BCUT2D eigenvalue weighted by Gasteiger charge is -2.26. The Bertz CT molecular complexity index is 2230. The molecule has 3 heteroatoms. The summed E-state index contributed by atoms with van der Waals surface area (Å²) in [4.78, 5) is 6.86. The monoisotopic (exact) mass is 563 g/mol. The van der Waals surface area contributed by atoms with Crippen molar-refractivity contribution in [3.8, 4) is 28.5 Å². The van der Waals surface area contributed by atoms with E-state index in [1.165, 1.54) is 43.8 Å². The second-order valence-corrected chi connectivity index (χ2v) is 12.0. The van der Waals surface area contributed by atoms with Gasteiger partial charge in [-0.25, -0.2) is 0 Å². The van der Waals surface area contributed by atoms with Crippen molar-refractivity contribution in [1.82, 2.24) is 4.98 Å². The molecule has 0 atom stereocenters. The molecule has 1 aliphatic rings. The molecule has 0 fully saturated rings. The van der Waals surface area contributed by atoms with Crippen molar-refractivity contribution < 1.29 is 0 Å². The van der Waals surface area contributed by atoms with Crippen molar-refractivity contribution in [2.75, 3.05) is 4.90 Å². The van der Waals surface area contributed by atoms with E-state index < -0.39 is 0 Å². The molecule has 1 heterocycles. The van der Waals surface area contributed by atoms with Gasteiger partial charge in [-0.3, -0.25) is 4.98 Å². The molecule has 3 nitrogen and oxygen atoms in total. The molecule has 0 saturated carbocycles. The highest BCUT2D eigenvalue weighted by Gasteiger charge is 2.35. The van der Waals surface area contributed by atoms with Crippen LogP contribution >= 0.6 is 0 Å². The van der Waals surface area contributed by atoms with Crippen LogP contribution < -0.4 is 4.90 Å². The maximum atomic E-state index is 9.31. The SMILES string of the molecule is CC1(C)c2cc(-c3ccc(N(c4ccccc4)c4ccc(C#N)cc4)cc3)cc3ccc4cc(-c5ccccn5)cc1c4c23. The summed E-state index contributed by atoms with van der Waals surface area (Å²) in [6.07, 6.45) is 1.86. The van der Waals surface area contributed by atoms with Gasteiger partial charge in [0.2, 0.25) is 0 Å². The van der Waals surface area contributed by atoms with Crippen LogP contribution in [0.4, 0.5) is 17.1 Å². The highest BCUT2D eigenvalue weighted by molar-refractivity contribution is 6.16. The van der Waals surface area contributed by atoms with Gasteiger partial charge in [-0.05, 0) is 129 Å². The van der Waals surface area contributed by atoms with Gasteiger partial charge in [-0.1, -0.05) is 62.4 Å². The Kier molecular flexibility index (Phi) is 5.86. The number of nitrogens with zero attached hydrogens (tertiary/aromatic N) is 3. The molecule has 1 aliphatic carbocycles. The van der Waals surface area contributed by atoms with Gasteiger partial charge >= 0.3 is 0 Å². The first-order chi connectivity index (χ1) is 21.5. The van der Waals surface area contributed by atoms with Crippen LogP contribution in [-0.2, 0) is 5.41 Å². The number of anilines is 3. The molecule has 6 aromatic carbocycles. The Balaban J connectivity index is 1.21. The number of para-hydroxylation sites is 1. The Hall–Kier alpha value is -5.72. The van der Waals surface area contributed by atoms with E-state index in [4.69, 9.17) is 0 Å². The summed E-state index contributed by atoms with van der Waals surface area (Å²) in [6.45, 7) is 4.70. The van der Waals surface area contributed by atoms with Gasteiger partial charge in [0, 0.05) is 34.2 Å². The van der Waals surface area contributed by atoms with Crippen molar-refractivity contribution in [2.45, 2.75) is 19.3 Å². The maximum Gasteiger partial charge on any atom is 0.0991 e. The van der Waals surface area contributed by atoms with E-state index in [-0.39, 0.29) is 5.41 Å². The van der Waals surface area contributed by atoms with Crippen LogP contribution in [0, 0.1) is 11.3 Å². The van der Waals surface area contributed by atoms with Crippen LogP contribution in [0.25, 0.3) is 43.9 Å². The zero-order chi connectivity index (χ0) is 29.8. The first kappa shape index (κ1) is 25.9.